The largest absolute Gasteiger partial charge is 0.450 e. The third kappa shape index (κ3) is 3.62. The van der Waals surface area contributed by atoms with Gasteiger partial charge >= 0.3 is 5.97 Å². The van der Waals surface area contributed by atoms with Crippen molar-refractivity contribution in [2.24, 2.45) is 0 Å². The van der Waals surface area contributed by atoms with E-state index in [0.29, 0.717) is 5.69 Å². The van der Waals surface area contributed by atoms with Crippen LogP contribution in [0.4, 0.5) is 14.5 Å². The Labute approximate surface area is 117 Å². The molecule has 1 aromatic carbocycles. The molecule has 21 heavy (non-hydrogen) atoms. The maximum absolute atomic E-state index is 13.3. The van der Waals surface area contributed by atoms with Crippen LogP contribution in [-0.4, -0.2) is 23.6 Å². The Bertz CT molecular complexity index is 664. The molecule has 1 aromatic heterocycles. The smallest absolute Gasteiger partial charge is 0.377 e. The van der Waals surface area contributed by atoms with Crippen LogP contribution in [0.25, 0.3) is 0 Å². The molecule has 8 heteroatoms. The molecule has 0 aliphatic rings. The monoisotopic (exact) mass is 296 g/mol. The molecule has 6 nitrogen and oxygen atoms in total. The predicted molar refractivity (Wildman–Crippen MR) is 66.5 cm³/mol. The lowest BCUT2D eigenvalue weighted by Crippen LogP contribution is -2.22. The number of nitrogens with zero attached hydrogens (tertiary/aromatic N) is 1. The lowest BCUT2D eigenvalue weighted by molar-refractivity contribution is -0.119. The standard InChI is InChI=1S/C13H10F2N2O4/c1-7-5-10(21-17-7)13(19)20-6-11(18)16-12-8(14)3-2-4-9(12)15/h2-5H,6H2,1H3,(H,16,18). The number of hydrogen-bond donors (Lipinski definition) is 1. The van der Waals surface area contributed by atoms with Crippen molar-refractivity contribution in [3.63, 3.8) is 0 Å². The molecule has 0 saturated heterocycles. The maximum atomic E-state index is 13.3. The fraction of sp³-hybridized carbons (Fsp3) is 0.154. The van der Waals surface area contributed by atoms with Crippen molar-refractivity contribution >= 4 is 17.6 Å². The number of carbonyl (C=O) groups excluding carboxylic acids is 2. The molecular weight excluding hydrogens is 286 g/mol. The number of aryl methyl sites for hydroxylation is 1. The number of amides is 1. The highest BCUT2D eigenvalue weighted by atomic mass is 19.1. The Kier molecular flexibility index (Phi) is 4.27. The first-order valence-corrected chi connectivity index (χ1v) is 5.81. The number of nitrogens with one attached hydrogen (secondary N) is 1. The molecule has 0 aliphatic carbocycles. The van der Waals surface area contributed by atoms with Crippen LogP contribution in [0, 0.1) is 18.6 Å². The van der Waals surface area contributed by atoms with Crippen LogP contribution in [0.15, 0.2) is 28.8 Å². The first-order chi connectivity index (χ1) is 9.97. The number of ether oxygens (including phenoxy) is 1. The van der Waals surface area contributed by atoms with E-state index in [4.69, 9.17) is 0 Å². The molecule has 1 amide bonds. The summed E-state index contributed by atoms with van der Waals surface area (Å²) in [5.74, 6) is -3.82. The van der Waals surface area contributed by atoms with Crippen LogP contribution in [0.3, 0.4) is 0 Å². The molecular formula is C13H10F2N2O4. The number of rotatable bonds is 4. The number of esters is 1. The van der Waals surface area contributed by atoms with Crippen molar-refractivity contribution in [3.05, 3.63) is 47.4 Å². The van der Waals surface area contributed by atoms with Gasteiger partial charge < -0.3 is 14.6 Å². The van der Waals surface area contributed by atoms with Gasteiger partial charge in [-0.3, -0.25) is 4.79 Å². The highest BCUT2D eigenvalue weighted by molar-refractivity contribution is 5.94. The van der Waals surface area contributed by atoms with Gasteiger partial charge in [0.1, 0.15) is 17.3 Å². The SMILES string of the molecule is Cc1cc(C(=O)OCC(=O)Nc2c(F)cccc2F)on1. The van der Waals surface area contributed by atoms with Crippen LogP contribution in [0.5, 0.6) is 0 Å². The van der Waals surface area contributed by atoms with Crippen molar-refractivity contribution in [1.82, 2.24) is 5.16 Å². The van der Waals surface area contributed by atoms with Crippen molar-refractivity contribution in [1.29, 1.82) is 0 Å². The summed E-state index contributed by atoms with van der Waals surface area (Å²) >= 11 is 0. The van der Waals surface area contributed by atoms with Gasteiger partial charge in [-0.25, -0.2) is 13.6 Å². The summed E-state index contributed by atoms with van der Waals surface area (Å²) in [6.07, 6.45) is 0. The summed E-state index contributed by atoms with van der Waals surface area (Å²) in [5, 5.41) is 5.46. The Hall–Kier alpha value is -2.77. The zero-order valence-corrected chi connectivity index (χ0v) is 10.9. The minimum absolute atomic E-state index is 0.169. The van der Waals surface area contributed by atoms with Crippen LogP contribution < -0.4 is 5.32 Å². The molecule has 110 valence electrons. The van der Waals surface area contributed by atoms with E-state index >= 15 is 0 Å². The fourth-order valence-corrected chi connectivity index (χ4v) is 1.45. The molecule has 0 unspecified atom stereocenters. The Morgan fingerprint density at radius 1 is 1.33 bits per heavy atom. The Morgan fingerprint density at radius 3 is 2.57 bits per heavy atom. The Morgan fingerprint density at radius 2 is 2.00 bits per heavy atom. The van der Waals surface area contributed by atoms with E-state index in [1.165, 1.54) is 6.07 Å². The highest BCUT2D eigenvalue weighted by Gasteiger charge is 2.17. The van der Waals surface area contributed by atoms with Gasteiger partial charge in [0, 0.05) is 6.07 Å². The zero-order valence-electron chi connectivity index (χ0n) is 10.9. The average Bonchev–Trinajstić information content (AvgIpc) is 2.87. The summed E-state index contributed by atoms with van der Waals surface area (Å²) in [6, 6.07) is 4.47. The van der Waals surface area contributed by atoms with E-state index in [0.717, 1.165) is 18.2 Å². The molecule has 2 rings (SSSR count). The van der Waals surface area contributed by atoms with Gasteiger partial charge in [0.15, 0.2) is 6.61 Å². The number of benzene rings is 1. The number of para-hydroxylation sites is 1. The lowest BCUT2D eigenvalue weighted by Gasteiger charge is -2.07. The summed E-state index contributed by atoms with van der Waals surface area (Å²) in [7, 11) is 0. The summed E-state index contributed by atoms with van der Waals surface area (Å²) in [4.78, 5) is 23.0. The number of hydrogen-bond acceptors (Lipinski definition) is 5. The van der Waals surface area contributed by atoms with Gasteiger partial charge in [-0.2, -0.15) is 0 Å². The fourth-order valence-electron chi connectivity index (χ4n) is 1.45. The second-order valence-electron chi connectivity index (χ2n) is 4.05. The van der Waals surface area contributed by atoms with Gasteiger partial charge in [0.05, 0.1) is 5.69 Å². The van der Waals surface area contributed by atoms with E-state index < -0.39 is 35.8 Å². The van der Waals surface area contributed by atoms with Crippen LogP contribution in [0.1, 0.15) is 16.2 Å². The van der Waals surface area contributed by atoms with Crippen molar-refractivity contribution in [2.75, 3.05) is 11.9 Å². The quantitative estimate of drug-likeness (QED) is 0.873. The van der Waals surface area contributed by atoms with Gasteiger partial charge in [0.25, 0.3) is 5.91 Å². The van der Waals surface area contributed by atoms with Gasteiger partial charge in [-0.1, -0.05) is 11.2 Å². The van der Waals surface area contributed by atoms with Gasteiger partial charge in [0.2, 0.25) is 5.76 Å². The van der Waals surface area contributed by atoms with E-state index in [2.05, 4.69) is 14.4 Å². The van der Waals surface area contributed by atoms with Crippen LogP contribution in [-0.2, 0) is 9.53 Å². The molecule has 0 saturated carbocycles. The maximum Gasteiger partial charge on any atom is 0.377 e. The van der Waals surface area contributed by atoms with E-state index in [9.17, 15) is 18.4 Å². The third-order valence-electron chi connectivity index (χ3n) is 2.39. The normalized spacial score (nSPS) is 10.2. The highest BCUT2D eigenvalue weighted by Crippen LogP contribution is 2.17. The molecule has 0 aliphatic heterocycles. The van der Waals surface area contributed by atoms with Crippen molar-refractivity contribution < 1.29 is 27.6 Å². The average molecular weight is 296 g/mol. The van der Waals surface area contributed by atoms with Gasteiger partial charge in [-0.15, -0.1) is 0 Å². The zero-order chi connectivity index (χ0) is 15.4. The van der Waals surface area contributed by atoms with Crippen LogP contribution >= 0.6 is 0 Å². The number of aromatic nitrogens is 1. The van der Waals surface area contributed by atoms with Crippen molar-refractivity contribution in [2.45, 2.75) is 6.92 Å². The second-order valence-corrected chi connectivity index (χ2v) is 4.05. The van der Waals surface area contributed by atoms with E-state index in [1.807, 2.05) is 5.32 Å². The lowest BCUT2D eigenvalue weighted by atomic mass is 10.3. The number of carbonyl (C=O) groups is 2. The molecule has 0 atom stereocenters. The molecule has 1 heterocycles. The van der Waals surface area contributed by atoms with Gasteiger partial charge in [-0.05, 0) is 19.1 Å². The molecule has 2 aromatic rings. The van der Waals surface area contributed by atoms with Crippen LogP contribution in [0.2, 0.25) is 0 Å². The second kappa shape index (κ2) is 6.12. The molecule has 0 fully saturated rings. The summed E-state index contributed by atoms with van der Waals surface area (Å²) < 4.78 is 35.8. The topological polar surface area (TPSA) is 81.4 Å². The van der Waals surface area contributed by atoms with E-state index in [-0.39, 0.29) is 5.76 Å². The summed E-state index contributed by atoms with van der Waals surface area (Å²) in [5.41, 5.74) is -0.131. The molecule has 1 N–H and O–H groups in total. The van der Waals surface area contributed by atoms with Crippen molar-refractivity contribution in [3.8, 4) is 0 Å². The minimum Gasteiger partial charge on any atom is -0.450 e. The number of halogens is 2. The van der Waals surface area contributed by atoms with E-state index in [1.54, 1.807) is 6.92 Å². The Balaban J connectivity index is 1.92. The molecule has 0 radical (unpaired) electrons. The molecule has 0 bridgehead atoms. The minimum atomic E-state index is -0.930. The predicted octanol–water partition coefficient (Wildman–Crippen LogP) is 2.06. The third-order valence-corrected chi connectivity index (χ3v) is 2.39. The summed E-state index contributed by atoms with van der Waals surface area (Å²) in [6.45, 7) is 0.889. The first kappa shape index (κ1) is 14.6. The first-order valence-electron chi connectivity index (χ1n) is 5.81. The molecule has 0 spiro atoms. The number of anilines is 1.